The van der Waals surface area contributed by atoms with Crippen molar-refractivity contribution in [1.29, 1.82) is 5.26 Å². The van der Waals surface area contributed by atoms with Crippen LogP contribution < -0.4 is 4.90 Å². The molecule has 2 aromatic rings. The summed E-state index contributed by atoms with van der Waals surface area (Å²) < 4.78 is 0. The van der Waals surface area contributed by atoms with Gasteiger partial charge in [-0.15, -0.1) is 0 Å². The molecular weight excluding hydrogens is 326 g/mol. The van der Waals surface area contributed by atoms with E-state index in [1.165, 1.54) is 17.7 Å². The van der Waals surface area contributed by atoms with Crippen LogP contribution in [0, 0.1) is 21.4 Å². The third-order valence-electron chi connectivity index (χ3n) is 4.20. The second-order valence-corrected chi connectivity index (χ2v) is 5.73. The van der Waals surface area contributed by atoms with Crippen LogP contribution in [0.2, 0.25) is 0 Å². The van der Waals surface area contributed by atoms with Crippen molar-refractivity contribution in [3.05, 3.63) is 93.2 Å². The van der Waals surface area contributed by atoms with E-state index in [0.29, 0.717) is 5.56 Å². The highest BCUT2D eigenvalue weighted by atomic mass is 16.6. The molecule has 0 aromatic heterocycles. The van der Waals surface area contributed by atoms with Crippen molar-refractivity contribution in [3.63, 3.8) is 0 Å². The average molecular weight is 343 g/mol. The maximum atomic E-state index is 10.8. The fourth-order valence-electron chi connectivity index (χ4n) is 2.93. The average Bonchev–Trinajstić information content (AvgIpc) is 2.67. The Labute approximate surface area is 152 Å². The molecule has 0 N–H and O–H groups in total. The van der Waals surface area contributed by atoms with Crippen LogP contribution in [0.5, 0.6) is 0 Å². The first kappa shape index (κ1) is 17.2. The summed E-state index contributed by atoms with van der Waals surface area (Å²) in [5, 5.41) is 20.0. The third-order valence-corrected chi connectivity index (χ3v) is 4.20. The molecule has 0 aliphatic carbocycles. The minimum Gasteiger partial charge on any atom is -0.341 e. The molecule has 1 heterocycles. The lowest BCUT2D eigenvalue weighted by Crippen LogP contribution is -2.23. The minimum atomic E-state index is -0.500. The Hall–Kier alpha value is -3.65. The number of nitro groups is 1. The number of nitriles is 1. The number of anilines is 1. The highest BCUT2D eigenvalue weighted by Crippen LogP contribution is 2.30. The Kier molecular flexibility index (Phi) is 4.95. The maximum absolute atomic E-state index is 10.8. The number of non-ortho nitro benzene ring substituents is 1. The zero-order valence-electron chi connectivity index (χ0n) is 14.3. The molecule has 0 fully saturated rings. The van der Waals surface area contributed by atoms with Gasteiger partial charge >= 0.3 is 0 Å². The minimum absolute atomic E-state index is 0.0824. The zero-order chi connectivity index (χ0) is 18.5. The molecule has 0 amide bonds. The van der Waals surface area contributed by atoms with Crippen LogP contribution in [0.1, 0.15) is 23.6 Å². The summed E-state index contributed by atoms with van der Waals surface area (Å²) in [4.78, 5) is 12.5. The predicted molar refractivity (Wildman–Crippen MR) is 103 cm³/mol. The molecule has 0 radical (unpaired) electrons. The first-order chi connectivity index (χ1) is 12.6. The summed E-state index contributed by atoms with van der Waals surface area (Å²) in [6, 6.07) is 14.5. The van der Waals surface area contributed by atoms with Gasteiger partial charge in [-0.2, -0.15) is 5.26 Å². The summed E-state index contributed by atoms with van der Waals surface area (Å²) in [6.07, 6.45) is 9.75. The van der Waals surface area contributed by atoms with Crippen molar-refractivity contribution < 1.29 is 4.92 Å². The fraction of sp³-hybridized carbons (Fsp3) is 0.0952. The lowest BCUT2D eigenvalue weighted by Gasteiger charge is -2.29. The molecule has 0 atom stereocenters. The molecule has 128 valence electrons. The van der Waals surface area contributed by atoms with Crippen molar-refractivity contribution in [2.45, 2.75) is 6.92 Å². The molecule has 2 aromatic carbocycles. The molecule has 3 rings (SSSR count). The normalized spacial score (nSPS) is 14.5. The highest BCUT2D eigenvalue weighted by molar-refractivity contribution is 5.76. The Bertz CT molecular complexity index is 981. The van der Waals surface area contributed by atoms with E-state index < -0.39 is 4.92 Å². The van der Waals surface area contributed by atoms with Gasteiger partial charge in [0, 0.05) is 30.1 Å². The molecule has 1 aliphatic rings. The number of allylic oxidation sites excluding steroid dienone is 3. The fourth-order valence-corrected chi connectivity index (χ4v) is 2.93. The number of rotatable bonds is 4. The number of hydrogen-bond donors (Lipinski definition) is 0. The van der Waals surface area contributed by atoms with Gasteiger partial charge in [0.25, 0.3) is 5.69 Å². The van der Waals surface area contributed by atoms with E-state index in [0.717, 1.165) is 17.9 Å². The van der Waals surface area contributed by atoms with E-state index in [9.17, 15) is 15.4 Å². The Morgan fingerprint density at radius 2 is 2.04 bits per heavy atom. The van der Waals surface area contributed by atoms with E-state index in [2.05, 4.69) is 36.1 Å². The third kappa shape index (κ3) is 3.40. The summed E-state index contributed by atoms with van der Waals surface area (Å²) in [6.45, 7) is 2.93. The monoisotopic (exact) mass is 343 g/mol. The van der Waals surface area contributed by atoms with E-state index in [1.54, 1.807) is 12.1 Å². The second-order valence-electron chi connectivity index (χ2n) is 5.73. The molecule has 0 saturated heterocycles. The second kappa shape index (κ2) is 7.49. The first-order valence-corrected chi connectivity index (χ1v) is 8.25. The molecule has 0 spiro atoms. The summed E-state index contributed by atoms with van der Waals surface area (Å²) >= 11 is 0. The van der Waals surface area contributed by atoms with E-state index in [4.69, 9.17) is 0 Å². The molecule has 5 heteroatoms. The van der Waals surface area contributed by atoms with Gasteiger partial charge in [0.2, 0.25) is 0 Å². The number of hydrogen-bond acceptors (Lipinski definition) is 4. The standard InChI is InChI=1S/C21H17N3O2/c1-2-23-19(12-11-17-6-3-4-9-21(17)23)8-5-7-16-10-13-20(24(25)26)14-18(16)15-22/h3-14H,2H2,1H3. The quantitative estimate of drug-likeness (QED) is 0.584. The summed E-state index contributed by atoms with van der Waals surface area (Å²) in [5.74, 6) is 0. The molecule has 1 aliphatic heterocycles. The molecular formula is C21H17N3O2. The molecule has 0 unspecified atom stereocenters. The Balaban J connectivity index is 1.88. The number of benzene rings is 2. The zero-order valence-corrected chi connectivity index (χ0v) is 14.3. The molecule has 0 bridgehead atoms. The number of nitro benzene ring substituents is 1. The SMILES string of the molecule is CCN1C(=CC=Cc2ccc([N+](=O)[O-])cc2C#N)C=Cc2ccccc21. The topological polar surface area (TPSA) is 70.2 Å². The van der Waals surface area contributed by atoms with Crippen LogP contribution in [0.4, 0.5) is 11.4 Å². The van der Waals surface area contributed by atoms with Gasteiger partial charge in [0.1, 0.15) is 6.07 Å². The van der Waals surface area contributed by atoms with Crippen LogP contribution >= 0.6 is 0 Å². The van der Waals surface area contributed by atoms with E-state index in [-0.39, 0.29) is 11.3 Å². The molecule has 26 heavy (non-hydrogen) atoms. The lowest BCUT2D eigenvalue weighted by atomic mass is 10.0. The van der Waals surface area contributed by atoms with Crippen molar-refractivity contribution >= 4 is 23.5 Å². The first-order valence-electron chi connectivity index (χ1n) is 8.25. The largest absolute Gasteiger partial charge is 0.341 e. The predicted octanol–water partition coefficient (Wildman–Crippen LogP) is 4.92. The summed E-state index contributed by atoms with van der Waals surface area (Å²) in [7, 11) is 0. The van der Waals surface area contributed by atoms with Crippen LogP contribution in [-0.2, 0) is 0 Å². The van der Waals surface area contributed by atoms with Gasteiger partial charge in [0.15, 0.2) is 0 Å². The van der Waals surface area contributed by atoms with Gasteiger partial charge in [-0.3, -0.25) is 10.1 Å². The Morgan fingerprint density at radius 3 is 2.77 bits per heavy atom. The molecule has 0 saturated carbocycles. The lowest BCUT2D eigenvalue weighted by molar-refractivity contribution is -0.384. The van der Waals surface area contributed by atoms with Gasteiger partial charge in [0.05, 0.1) is 10.5 Å². The number of para-hydroxylation sites is 1. The van der Waals surface area contributed by atoms with Crippen LogP contribution in [-0.4, -0.2) is 11.5 Å². The van der Waals surface area contributed by atoms with Crippen molar-refractivity contribution in [2.75, 3.05) is 11.4 Å². The number of fused-ring (bicyclic) bond motifs is 1. The van der Waals surface area contributed by atoms with E-state index >= 15 is 0 Å². The van der Waals surface area contributed by atoms with Crippen molar-refractivity contribution in [2.24, 2.45) is 0 Å². The van der Waals surface area contributed by atoms with Gasteiger partial charge < -0.3 is 4.90 Å². The smallest absolute Gasteiger partial charge is 0.270 e. The number of nitrogens with zero attached hydrogens (tertiary/aromatic N) is 3. The Morgan fingerprint density at radius 1 is 1.23 bits per heavy atom. The van der Waals surface area contributed by atoms with Crippen molar-refractivity contribution in [1.82, 2.24) is 0 Å². The van der Waals surface area contributed by atoms with Gasteiger partial charge in [-0.25, -0.2) is 0 Å². The van der Waals surface area contributed by atoms with Gasteiger partial charge in [-0.1, -0.05) is 36.4 Å². The molecule has 5 nitrogen and oxygen atoms in total. The maximum Gasteiger partial charge on any atom is 0.270 e. The summed E-state index contributed by atoms with van der Waals surface area (Å²) in [5.41, 5.74) is 4.23. The number of likely N-dealkylation sites (N-methyl/N-ethyl adjacent to an activating group) is 1. The van der Waals surface area contributed by atoms with Crippen molar-refractivity contribution in [3.8, 4) is 6.07 Å². The van der Waals surface area contributed by atoms with E-state index in [1.807, 2.05) is 30.4 Å². The highest BCUT2D eigenvalue weighted by Gasteiger charge is 2.14. The van der Waals surface area contributed by atoms with Crippen LogP contribution in [0.3, 0.4) is 0 Å². The van der Waals surface area contributed by atoms with Gasteiger partial charge in [-0.05, 0) is 42.3 Å². The van der Waals surface area contributed by atoms with Crippen LogP contribution in [0.15, 0.2) is 66.4 Å². The van der Waals surface area contributed by atoms with Crippen LogP contribution in [0.25, 0.3) is 12.2 Å².